The summed E-state index contributed by atoms with van der Waals surface area (Å²) in [5, 5.41) is 0.645. The predicted octanol–water partition coefficient (Wildman–Crippen LogP) is 2.77. The molecular weight excluding hydrogens is 355 g/mol. The Hall–Kier alpha value is -2.48. The number of halogens is 2. The predicted molar refractivity (Wildman–Crippen MR) is 81.5 cm³/mol. The van der Waals surface area contributed by atoms with E-state index in [9.17, 15) is 9.18 Å². The van der Waals surface area contributed by atoms with E-state index in [-0.39, 0.29) is 5.69 Å². The highest BCUT2D eigenvalue weighted by Crippen LogP contribution is 2.28. The minimum Gasteiger partial charge on any atom is -0.449 e. The summed E-state index contributed by atoms with van der Waals surface area (Å²) >= 11 is 3.17. The van der Waals surface area contributed by atoms with E-state index in [1.54, 1.807) is 19.3 Å². The van der Waals surface area contributed by atoms with Crippen molar-refractivity contribution in [2.24, 2.45) is 7.05 Å². The molecule has 0 unspecified atom stereocenters. The first kappa shape index (κ1) is 13.2. The third kappa shape index (κ3) is 1.67. The zero-order valence-electron chi connectivity index (χ0n) is 11.2. The third-order valence-electron chi connectivity index (χ3n) is 3.57. The fraction of sp³-hybridized carbons (Fsp3) is 0.0714. The molecule has 0 aliphatic rings. The van der Waals surface area contributed by atoms with Crippen LogP contribution in [0.15, 0.2) is 44.7 Å². The Kier molecular flexibility index (Phi) is 2.70. The summed E-state index contributed by atoms with van der Waals surface area (Å²) in [6.07, 6.45) is 4.17. The van der Waals surface area contributed by atoms with Gasteiger partial charge in [0, 0.05) is 18.5 Å². The van der Waals surface area contributed by atoms with E-state index in [1.807, 2.05) is 0 Å². The Morgan fingerprint density at radius 3 is 2.86 bits per heavy atom. The van der Waals surface area contributed by atoms with Crippen LogP contribution in [-0.4, -0.2) is 19.1 Å². The van der Waals surface area contributed by atoms with Gasteiger partial charge in [0.1, 0.15) is 12.1 Å². The lowest BCUT2D eigenvalue weighted by Crippen LogP contribution is -2.21. The maximum absolute atomic E-state index is 13.7. The van der Waals surface area contributed by atoms with Crippen molar-refractivity contribution in [3.63, 3.8) is 0 Å². The van der Waals surface area contributed by atoms with Gasteiger partial charge in [0.25, 0.3) is 0 Å². The van der Waals surface area contributed by atoms with E-state index in [0.717, 1.165) is 0 Å². The Labute approximate surface area is 130 Å². The largest absolute Gasteiger partial charge is 0.449 e. The molecule has 0 N–H and O–H groups in total. The number of rotatable bonds is 1. The summed E-state index contributed by atoms with van der Waals surface area (Å²) in [7, 11) is 1.65. The average molecular weight is 363 g/mol. The highest BCUT2D eigenvalue weighted by Gasteiger charge is 2.18. The molecule has 0 saturated heterocycles. The van der Waals surface area contributed by atoms with Crippen molar-refractivity contribution < 1.29 is 8.81 Å². The van der Waals surface area contributed by atoms with Crippen LogP contribution in [0.1, 0.15) is 0 Å². The van der Waals surface area contributed by atoms with Gasteiger partial charge in [-0.3, -0.25) is 9.55 Å². The van der Waals surface area contributed by atoms with Crippen LogP contribution < -0.4 is 5.69 Å². The van der Waals surface area contributed by atoms with Gasteiger partial charge in [-0.05, 0) is 22.0 Å². The topological polar surface area (TPSA) is 65.8 Å². The molecule has 0 aliphatic heterocycles. The van der Waals surface area contributed by atoms with E-state index < -0.39 is 5.82 Å². The summed E-state index contributed by atoms with van der Waals surface area (Å²) in [5.74, 6) is -0.0471. The van der Waals surface area contributed by atoms with Crippen LogP contribution in [0.3, 0.4) is 0 Å². The maximum atomic E-state index is 13.7. The van der Waals surface area contributed by atoms with Crippen molar-refractivity contribution >= 4 is 37.9 Å². The van der Waals surface area contributed by atoms with Crippen LogP contribution in [0, 0.1) is 5.82 Å². The molecule has 0 radical (unpaired) electrons. The number of fused-ring (bicyclic) bond motifs is 3. The first-order valence-electron chi connectivity index (χ1n) is 6.31. The molecule has 0 atom stereocenters. The highest BCUT2D eigenvalue weighted by molar-refractivity contribution is 9.10. The summed E-state index contributed by atoms with van der Waals surface area (Å²) in [6.45, 7) is 0. The molecule has 0 amide bonds. The Bertz CT molecular complexity index is 1080. The van der Waals surface area contributed by atoms with Gasteiger partial charge < -0.3 is 4.42 Å². The van der Waals surface area contributed by atoms with E-state index in [2.05, 4.69) is 25.9 Å². The highest BCUT2D eigenvalue weighted by atomic mass is 79.9. The van der Waals surface area contributed by atoms with Crippen LogP contribution >= 0.6 is 15.9 Å². The van der Waals surface area contributed by atoms with Crippen LogP contribution in [0.5, 0.6) is 0 Å². The molecule has 8 heteroatoms. The van der Waals surface area contributed by atoms with Crippen molar-refractivity contribution in [1.82, 2.24) is 19.1 Å². The van der Waals surface area contributed by atoms with Crippen molar-refractivity contribution in [1.29, 1.82) is 0 Å². The smallest absolute Gasteiger partial charge is 0.334 e. The number of hydrogen-bond acceptors (Lipinski definition) is 4. The number of pyridine rings is 1. The summed E-state index contributed by atoms with van der Waals surface area (Å²) in [5.41, 5.74) is 1.40. The van der Waals surface area contributed by atoms with Crippen LogP contribution in [0.25, 0.3) is 27.8 Å². The molecule has 110 valence electrons. The molecule has 4 aromatic rings. The number of aromatic nitrogens is 4. The molecule has 0 spiro atoms. The van der Waals surface area contributed by atoms with Gasteiger partial charge in [-0.1, -0.05) is 0 Å². The van der Waals surface area contributed by atoms with E-state index in [1.165, 1.54) is 27.9 Å². The van der Waals surface area contributed by atoms with E-state index in [4.69, 9.17) is 4.42 Å². The molecule has 0 saturated carbocycles. The minimum absolute atomic E-state index is 0.279. The zero-order valence-corrected chi connectivity index (χ0v) is 12.8. The number of aryl methyl sites for hydroxylation is 1. The van der Waals surface area contributed by atoms with Crippen molar-refractivity contribution in [2.75, 3.05) is 0 Å². The molecule has 3 heterocycles. The van der Waals surface area contributed by atoms with Gasteiger partial charge in [-0.2, -0.15) is 4.98 Å². The van der Waals surface area contributed by atoms with Crippen LogP contribution in [0.4, 0.5) is 4.39 Å². The summed E-state index contributed by atoms with van der Waals surface area (Å²) in [6, 6.07) is 2.93. The quantitative estimate of drug-likeness (QED) is 0.522. The molecule has 22 heavy (non-hydrogen) atoms. The molecule has 0 fully saturated rings. The monoisotopic (exact) mass is 362 g/mol. The molecular formula is C14H8BrFN4O2. The first-order chi connectivity index (χ1) is 10.6. The van der Waals surface area contributed by atoms with Gasteiger partial charge >= 0.3 is 5.69 Å². The Balaban J connectivity index is 2.28. The van der Waals surface area contributed by atoms with Crippen molar-refractivity contribution in [2.45, 2.75) is 0 Å². The van der Waals surface area contributed by atoms with Crippen molar-refractivity contribution in [3.8, 4) is 5.82 Å². The normalized spacial score (nSPS) is 11.6. The molecule has 6 nitrogen and oxygen atoms in total. The number of benzene rings is 1. The standard InChI is InChI=1S/C14H8BrFN4O2/c1-19-11-4-17-10-3-9(16)8(15)2-7(10)13(11)20(14(19)21)12-5-22-6-18-12/h2-6H,1H3. The van der Waals surface area contributed by atoms with Gasteiger partial charge in [0.2, 0.25) is 0 Å². The second-order valence-corrected chi connectivity index (χ2v) is 5.65. The number of imidazole rings is 1. The van der Waals surface area contributed by atoms with Gasteiger partial charge in [-0.15, -0.1) is 0 Å². The molecule has 0 bridgehead atoms. The fourth-order valence-corrected chi connectivity index (χ4v) is 2.86. The second kappa shape index (κ2) is 4.51. The number of nitrogens with zero attached hydrogens (tertiary/aromatic N) is 4. The lowest BCUT2D eigenvalue weighted by Gasteiger charge is -2.04. The molecule has 3 aromatic heterocycles. The van der Waals surface area contributed by atoms with Gasteiger partial charge in [-0.25, -0.2) is 13.8 Å². The van der Waals surface area contributed by atoms with Gasteiger partial charge in [0.05, 0.1) is 27.2 Å². The van der Waals surface area contributed by atoms with E-state index in [0.29, 0.717) is 32.2 Å². The lowest BCUT2D eigenvalue weighted by molar-refractivity contribution is 0.557. The Morgan fingerprint density at radius 1 is 1.32 bits per heavy atom. The molecule has 4 rings (SSSR count). The Morgan fingerprint density at radius 2 is 2.14 bits per heavy atom. The second-order valence-electron chi connectivity index (χ2n) is 4.80. The van der Waals surface area contributed by atoms with Gasteiger partial charge in [0.15, 0.2) is 12.2 Å². The molecule has 0 aliphatic carbocycles. The zero-order chi connectivity index (χ0) is 15.4. The summed E-state index contributed by atoms with van der Waals surface area (Å²) in [4.78, 5) is 20.8. The summed E-state index contributed by atoms with van der Waals surface area (Å²) < 4.78 is 21.9. The SMILES string of the molecule is Cn1c(=O)n(-c2cocn2)c2c3cc(Br)c(F)cc3ncc21. The number of oxazole rings is 1. The fourth-order valence-electron chi connectivity index (χ4n) is 2.52. The van der Waals surface area contributed by atoms with Crippen LogP contribution in [0.2, 0.25) is 0 Å². The maximum Gasteiger partial charge on any atom is 0.334 e. The molecule has 1 aromatic carbocycles. The number of hydrogen-bond donors (Lipinski definition) is 0. The lowest BCUT2D eigenvalue weighted by atomic mass is 10.2. The van der Waals surface area contributed by atoms with Crippen LogP contribution in [-0.2, 0) is 7.05 Å². The first-order valence-corrected chi connectivity index (χ1v) is 7.11. The average Bonchev–Trinajstić information content (AvgIpc) is 3.09. The minimum atomic E-state index is -0.411. The van der Waals surface area contributed by atoms with Crippen molar-refractivity contribution in [3.05, 3.63) is 51.8 Å². The third-order valence-corrected chi connectivity index (χ3v) is 4.18. The van der Waals surface area contributed by atoms with E-state index >= 15 is 0 Å².